The van der Waals surface area contributed by atoms with Crippen LogP contribution in [0.2, 0.25) is 0 Å². The van der Waals surface area contributed by atoms with Crippen LogP contribution in [0, 0.1) is 18.8 Å². The van der Waals surface area contributed by atoms with Gasteiger partial charge in [-0.3, -0.25) is 9.59 Å². The lowest BCUT2D eigenvalue weighted by atomic mass is 9.93. The number of methoxy groups -OCH3 is 1. The van der Waals surface area contributed by atoms with E-state index in [-0.39, 0.29) is 11.8 Å². The monoisotopic (exact) mass is 350 g/mol. The minimum absolute atomic E-state index is 0.123. The molecule has 0 radical (unpaired) electrons. The van der Waals surface area contributed by atoms with Crippen molar-refractivity contribution in [2.24, 2.45) is 17.6 Å². The zero-order valence-electron chi connectivity index (χ0n) is 14.9. The van der Waals surface area contributed by atoms with Crippen LogP contribution < -0.4 is 10.5 Å². The van der Waals surface area contributed by atoms with E-state index in [4.69, 9.17) is 10.5 Å². The summed E-state index contributed by atoms with van der Waals surface area (Å²) in [4.78, 5) is 26.9. The molecule has 2 fully saturated rings. The van der Waals surface area contributed by atoms with Crippen molar-refractivity contribution in [3.05, 3.63) is 53.6 Å². The van der Waals surface area contributed by atoms with Gasteiger partial charge in [0, 0.05) is 12.1 Å². The summed E-state index contributed by atoms with van der Waals surface area (Å²) >= 11 is 0. The van der Waals surface area contributed by atoms with Crippen LogP contribution in [0.3, 0.4) is 0 Å². The van der Waals surface area contributed by atoms with E-state index in [0.29, 0.717) is 18.0 Å². The Morgan fingerprint density at radius 2 is 1.96 bits per heavy atom. The number of benzene rings is 2. The van der Waals surface area contributed by atoms with E-state index in [0.717, 1.165) is 28.9 Å². The summed E-state index contributed by atoms with van der Waals surface area (Å²) in [6.07, 6.45) is 0.994. The maximum atomic E-state index is 13.3. The van der Waals surface area contributed by atoms with Crippen LogP contribution in [0.15, 0.2) is 42.5 Å². The van der Waals surface area contributed by atoms with E-state index >= 15 is 0 Å². The first-order valence-electron chi connectivity index (χ1n) is 8.85. The van der Waals surface area contributed by atoms with E-state index < -0.39 is 11.9 Å². The average Bonchev–Trinajstić information content (AvgIpc) is 3.29. The van der Waals surface area contributed by atoms with Crippen molar-refractivity contribution in [2.75, 3.05) is 13.7 Å². The number of rotatable bonds is 4. The van der Waals surface area contributed by atoms with Crippen molar-refractivity contribution in [3.63, 3.8) is 0 Å². The Bertz CT molecular complexity index is 893. The van der Waals surface area contributed by atoms with Crippen LogP contribution in [-0.2, 0) is 4.79 Å². The van der Waals surface area contributed by atoms with Crippen LogP contribution >= 0.6 is 0 Å². The van der Waals surface area contributed by atoms with Gasteiger partial charge in [0.2, 0.25) is 5.91 Å². The minimum Gasteiger partial charge on any atom is -0.497 e. The zero-order valence-corrected chi connectivity index (χ0v) is 14.9. The standard InChI is InChI=1S/C21H22N2O3/c1-12-5-3-8-16(18(12)13-6-4-7-15(9-13)26-2)21(25)23-11-14-10-17(14)19(23)20(22)24/h3-9,14,17,19H,10-11H2,1-2H3,(H2,22,24)/t14-,17-,19+/m1/s1. The predicted molar refractivity (Wildman–Crippen MR) is 98.8 cm³/mol. The molecule has 3 atom stereocenters. The van der Waals surface area contributed by atoms with Crippen molar-refractivity contribution in [1.29, 1.82) is 0 Å². The molecule has 2 aromatic carbocycles. The second-order valence-corrected chi connectivity index (χ2v) is 7.19. The number of hydrogen-bond acceptors (Lipinski definition) is 3. The van der Waals surface area contributed by atoms with Gasteiger partial charge >= 0.3 is 0 Å². The largest absolute Gasteiger partial charge is 0.497 e. The smallest absolute Gasteiger partial charge is 0.255 e. The highest BCUT2D eigenvalue weighted by molar-refractivity contribution is 6.04. The summed E-state index contributed by atoms with van der Waals surface area (Å²) in [5.74, 6) is 0.867. The van der Waals surface area contributed by atoms with E-state index in [1.165, 1.54) is 0 Å². The third-order valence-corrected chi connectivity index (χ3v) is 5.56. The SMILES string of the molecule is COc1cccc(-c2c(C)cccc2C(=O)N2C[C@H]3C[C@H]3[C@H]2C(N)=O)c1. The Kier molecular flexibility index (Phi) is 3.94. The van der Waals surface area contributed by atoms with E-state index in [9.17, 15) is 9.59 Å². The number of hydrogen-bond donors (Lipinski definition) is 1. The van der Waals surface area contributed by atoms with Crippen molar-refractivity contribution in [1.82, 2.24) is 4.90 Å². The maximum absolute atomic E-state index is 13.3. The van der Waals surface area contributed by atoms with E-state index in [2.05, 4.69) is 0 Å². The molecule has 1 heterocycles. The molecule has 5 nitrogen and oxygen atoms in total. The molecule has 2 amide bonds. The second kappa shape index (κ2) is 6.16. The molecule has 0 spiro atoms. The fourth-order valence-electron chi connectivity index (χ4n) is 4.20. The number of carbonyl (C=O) groups is 2. The Hall–Kier alpha value is -2.82. The molecule has 5 heteroatoms. The van der Waals surface area contributed by atoms with Crippen molar-refractivity contribution in [3.8, 4) is 16.9 Å². The summed E-state index contributed by atoms with van der Waals surface area (Å²) < 4.78 is 5.33. The topological polar surface area (TPSA) is 72.6 Å². The quantitative estimate of drug-likeness (QED) is 0.921. The molecule has 1 aliphatic heterocycles. The normalized spacial score (nSPS) is 23.5. The summed E-state index contributed by atoms with van der Waals surface area (Å²) in [6, 6.07) is 12.9. The van der Waals surface area contributed by atoms with Gasteiger partial charge in [-0.25, -0.2) is 0 Å². The van der Waals surface area contributed by atoms with Gasteiger partial charge in [-0.15, -0.1) is 0 Å². The number of fused-ring (bicyclic) bond motifs is 1. The Morgan fingerprint density at radius 1 is 1.19 bits per heavy atom. The van der Waals surface area contributed by atoms with Crippen LogP contribution in [-0.4, -0.2) is 36.4 Å². The Labute approximate surface area is 152 Å². The summed E-state index contributed by atoms with van der Waals surface area (Å²) in [5, 5.41) is 0. The molecule has 1 aliphatic carbocycles. The second-order valence-electron chi connectivity index (χ2n) is 7.19. The molecule has 26 heavy (non-hydrogen) atoms. The average molecular weight is 350 g/mol. The molecule has 2 aliphatic rings. The van der Waals surface area contributed by atoms with Crippen LogP contribution in [0.5, 0.6) is 5.75 Å². The first kappa shape index (κ1) is 16.6. The molecule has 2 aromatic rings. The van der Waals surface area contributed by atoms with Gasteiger partial charge in [-0.05, 0) is 60.1 Å². The number of piperidine rings is 1. The number of carbonyl (C=O) groups excluding carboxylic acids is 2. The van der Waals surface area contributed by atoms with Crippen LogP contribution in [0.1, 0.15) is 22.3 Å². The number of likely N-dealkylation sites (tertiary alicyclic amines) is 1. The number of ether oxygens (including phenoxy) is 1. The zero-order chi connectivity index (χ0) is 18.4. The number of primary amides is 1. The summed E-state index contributed by atoms with van der Waals surface area (Å²) in [6.45, 7) is 2.60. The van der Waals surface area contributed by atoms with Gasteiger partial charge in [-0.1, -0.05) is 24.3 Å². The van der Waals surface area contributed by atoms with Crippen molar-refractivity contribution >= 4 is 11.8 Å². The molecule has 0 bridgehead atoms. The van der Waals surface area contributed by atoms with Gasteiger partial charge in [0.25, 0.3) is 5.91 Å². The lowest BCUT2D eigenvalue weighted by Crippen LogP contribution is -2.46. The fraction of sp³-hybridized carbons (Fsp3) is 0.333. The molecular weight excluding hydrogens is 328 g/mol. The fourth-order valence-corrected chi connectivity index (χ4v) is 4.20. The minimum atomic E-state index is -0.480. The molecule has 2 N–H and O–H groups in total. The first-order chi connectivity index (χ1) is 12.5. The molecule has 134 valence electrons. The summed E-state index contributed by atoms with van der Waals surface area (Å²) in [5.41, 5.74) is 8.99. The lowest BCUT2D eigenvalue weighted by Gasteiger charge is -2.26. The van der Waals surface area contributed by atoms with Crippen LogP contribution in [0.25, 0.3) is 11.1 Å². The number of nitrogens with two attached hydrogens (primary N) is 1. The molecule has 1 saturated carbocycles. The van der Waals surface area contributed by atoms with Gasteiger partial charge in [0.15, 0.2) is 0 Å². The number of aryl methyl sites for hydroxylation is 1. The number of nitrogens with zero attached hydrogens (tertiary/aromatic N) is 1. The predicted octanol–water partition coefficient (Wildman–Crippen LogP) is 2.62. The first-order valence-corrected chi connectivity index (χ1v) is 8.85. The Morgan fingerprint density at radius 3 is 2.69 bits per heavy atom. The third-order valence-electron chi connectivity index (χ3n) is 5.56. The maximum Gasteiger partial charge on any atom is 0.255 e. The highest BCUT2D eigenvalue weighted by Gasteiger charge is 2.56. The lowest BCUT2D eigenvalue weighted by molar-refractivity contribution is -0.122. The Balaban J connectivity index is 1.76. The number of amides is 2. The van der Waals surface area contributed by atoms with Gasteiger partial charge < -0.3 is 15.4 Å². The summed E-state index contributed by atoms with van der Waals surface area (Å²) in [7, 11) is 1.62. The van der Waals surface area contributed by atoms with E-state index in [1.807, 2.05) is 49.4 Å². The third kappa shape index (κ3) is 2.64. The van der Waals surface area contributed by atoms with E-state index in [1.54, 1.807) is 12.0 Å². The highest BCUT2D eigenvalue weighted by Crippen LogP contribution is 2.50. The van der Waals surface area contributed by atoms with Gasteiger partial charge in [0.05, 0.1) is 7.11 Å². The molecular formula is C21H22N2O3. The van der Waals surface area contributed by atoms with Crippen molar-refractivity contribution < 1.29 is 14.3 Å². The van der Waals surface area contributed by atoms with Crippen LogP contribution in [0.4, 0.5) is 0 Å². The van der Waals surface area contributed by atoms with Crippen molar-refractivity contribution in [2.45, 2.75) is 19.4 Å². The van der Waals surface area contributed by atoms with Gasteiger partial charge in [0.1, 0.15) is 11.8 Å². The molecule has 4 rings (SSSR count). The van der Waals surface area contributed by atoms with Gasteiger partial charge in [-0.2, -0.15) is 0 Å². The molecule has 1 saturated heterocycles. The molecule has 0 unspecified atom stereocenters. The highest BCUT2D eigenvalue weighted by atomic mass is 16.5. The molecule has 0 aromatic heterocycles.